The number of carbonyl (C=O) groups excluding carboxylic acids is 3. The van der Waals surface area contributed by atoms with Gasteiger partial charge in [-0.15, -0.1) is 0 Å². The fraction of sp³-hybridized carbons (Fsp3) is 0.370. The Bertz CT molecular complexity index is 1080. The lowest BCUT2D eigenvalue weighted by atomic mass is 10.1. The summed E-state index contributed by atoms with van der Waals surface area (Å²) in [6.07, 6.45) is 2.41. The monoisotopic (exact) mass is 481 g/mol. The molecule has 0 aromatic heterocycles. The number of hydrogen-bond acceptors (Lipinski definition) is 4. The third kappa shape index (κ3) is 6.47. The quantitative estimate of drug-likeness (QED) is 0.657. The second-order valence-corrected chi connectivity index (χ2v) is 8.13. The number of nitrogens with zero attached hydrogens (tertiary/aromatic N) is 2. The molecule has 186 valence electrons. The molecule has 2 aromatic rings. The van der Waals surface area contributed by atoms with Gasteiger partial charge in [0.15, 0.2) is 6.61 Å². The fourth-order valence-electron chi connectivity index (χ4n) is 3.95. The molecule has 0 saturated carbocycles. The molecule has 0 bridgehead atoms. The Balaban J connectivity index is 0.00000167. The molecule has 4 rings (SSSR count). The highest BCUT2D eigenvalue weighted by Crippen LogP contribution is 2.26. The second-order valence-electron chi connectivity index (χ2n) is 8.13. The topological polar surface area (TPSA) is 79.0 Å². The maximum Gasteiger partial charge on any atom is 0.258 e. The minimum atomic E-state index is -0.555. The molecule has 0 atom stereocenters. The molecule has 0 unspecified atom stereocenters. The number of likely N-dealkylation sites (tertiary alicyclic amines) is 1. The summed E-state index contributed by atoms with van der Waals surface area (Å²) >= 11 is 0. The van der Waals surface area contributed by atoms with Gasteiger partial charge in [-0.2, -0.15) is 0 Å². The van der Waals surface area contributed by atoms with E-state index in [-0.39, 0.29) is 41.7 Å². The van der Waals surface area contributed by atoms with Gasteiger partial charge in [0.25, 0.3) is 11.8 Å². The van der Waals surface area contributed by atoms with Crippen LogP contribution in [0, 0.1) is 5.82 Å². The van der Waals surface area contributed by atoms with E-state index in [2.05, 4.69) is 5.32 Å². The van der Waals surface area contributed by atoms with E-state index in [1.807, 2.05) is 50.3 Å². The van der Waals surface area contributed by atoms with Crippen LogP contribution in [0.25, 0.3) is 5.57 Å². The van der Waals surface area contributed by atoms with E-state index in [9.17, 15) is 18.8 Å². The Kier molecular flexibility index (Phi) is 9.00. The molecule has 7 nitrogen and oxygen atoms in total. The summed E-state index contributed by atoms with van der Waals surface area (Å²) in [5.41, 5.74) is 2.14. The van der Waals surface area contributed by atoms with Crippen molar-refractivity contribution in [1.29, 1.82) is 0 Å². The number of ether oxygens (including phenoxy) is 1. The molecule has 2 aromatic carbocycles. The van der Waals surface area contributed by atoms with Gasteiger partial charge in [-0.1, -0.05) is 57.2 Å². The van der Waals surface area contributed by atoms with E-state index in [0.29, 0.717) is 32.6 Å². The highest BCUT2D eigenvalue weighted by molar-refractivity contribution is 5.98. The van der Waals surface area contributed by atoms with Crippen LogP contribution in [0.3, 0.4) is 0 Å². The normalized spacial score (nSPS) is 14.9. The molecule has 8 heteroatoms. The Morgan fingerprint density at radius 2 is 1.77 bits per heavy atom. The predicted molar refractivity (Wildman–Crippen MR) is 132 cm³/mol. The minimum absolute atomic E-state index is 0.0537. The van der Waals surface area contributed by atoms with E-state index in [1.165, 1.54) is 12.1 Å². The fourth-order valence-corrected chi connectivity index (χ4v) is 3.95. The van der Waals surface area contributed by atoms with Gasteiger partial charge in [-0.05, 0) is 29.3 Å². The highest BCUT2D eigenvalue weighted by Gasteiger charge is 2.31. The number of amides is 3. The van der Waals surface area contributed by atoms with Gasteiger partial charge in [-0.25, -0.2) is 4.39 Å². The lowest BCUT2D eigenvalue weighted by molar-refractivity contribution is -0.138. The van der Waals surface area contributed by atoms with Gasteiger partial charge in [0.2, 0.25) is 5.91 Å². The average molecular weight is 482 g/mol. The summed E-state index contributed by atoms with van der Waals surface area (Å²) in [4.78, 5) is 40.2. The van der Waals surface area contributed by atoms with Crippen molar-refractivity contribution in [2.45, 2.75) is 33.2 Å². The second kappa shape index (κ2) is 12.1. The number of nitrogens with one attached hydrogen (secondary N) is 1. The summed E-state index contributed by atoms with van der Waals surface area (Å²) < 4.78 is 19.5. The van der Waals surface area contributed by atoms with Crippen molar-refractivity contribution in [3.8, 4) is 5.75 Å². The van der Waals surface area contributed by atoms with Gasteiger partial charge < -0.3 is 19.9 Å². The molecule has 2 heterocycles. The summed E-state index contributed by atoms with van der Waals surface area (Å²) in [6.45, 7) is 7.26. The third-order valence-corrected chi connectivity index (χ3v) is 5.78. The predicted octanol–water partition coefficient (Wildman–Crippen LogP) is 3.51. The standard InChI is InChI=1S/C25H26FN3O4.C2H6/c1-2-24(31)29-14-20(15-29)27-23(30)16-33-22-9-8-19(26)12-21(22)25(32)28-11-10-18(13-28)17-6-4-3-5-7-17;1-2/h3-10,12,20H,2,11,13-16H2,1H3,(H,27,30);1-2H3. The Morgan fingerprint density at radius 3 is 2.46 bits per heavy atom. The molecular weight excluding hydrogens is 449 g/mol. The summed E-state index contributed by atoms with van der Waals surface area (Å²) in [5, 5.41) is 2.80. The average Bonchev–Trinajstić information content (AvgIpc) is 3.36. The van der Waals surface area contributed by atoms with Crippen LogP contribution in [0.1, 0.15) is 43.1 Å². The maximum absolute atomic E-state index is 13.9. The van der Waals surface area contributed by atoms with Crippen LogP contribution < -0.4 is 10.1 Å². The molecule has 2 aliphatic rings. The first kappa shape index (κ1) is 25.9. The molecule has 0 radical (unpaired) electrons. The van der Waals surface area contributed by atoms with Crippen molar-refractivity contribution < 1.29 is 23.5 Å². The van der Waals surface area contributed by atoms with E-state index in [4.69, 9.17) is 4.74 Å². The number of rotatable bonds is 7. The Hall–Kier alpha value is -3.68. The van der Waals surface area contributed by atoms with E-state index >= 15 is 0 Å². The molecule has 35 heavy (non-hydrogen) atoms. The molecule has 3 amide bonds. The van der Waals surface area contributed by atoms with Crippen LogP contribution >= 0.6 is 0 Å². The summed E-state index contributed by atoms with van der Waals surface area (Å²) in [7, 11) is 0. The van der Waals surface area contributed by atoms with Crippen LogP contribution in [0.5, 0.6) is 5.75 Å². The lowest BCUT2D eigenvalue weighted by Gasteiger charge is -2.39. The molecular formula is C27H32FN3O4. The zero-order valence-corrected chi connectivity index (χ0v) is 20.4. The van der Waals surface area contributed by atoms with E-state index in [0.717, 1.165) is 17.2 Å². The van der Waals surface area contributed by atoms with E-state index < -0.39 is 5.82 Å². The van der Waals surface area contributed by atoms with Crippen molar-refractivity contribution in [3.05, 3.63) is 71.6 Å². The number of hydrogen-bond donors (Lipinski definition) is 1. The maximum atomic E-state index is 13.9. The molecule has 1 N–H and O–H groups in total. The third-order valence-electron chi connectivity index (χ3n) is 5.78. The van der Waals surface area contributed by atoms with Gasteiger partial charge in [0.05, 0.1) is 11.6 Å². The zero-order valence-electron chi connectivity index (χ0n) is 20.4. The van der Waals surface area contributed by atoms with Crippen LogP contribution in [0.4, 0.5) is 4.39 Å². The number of halogens is 1. The van der Waals surface area contributed by atoms with E-state index in [1.54, 1.807) is 16.7 Å². The van der Waals surface area contributed by atoms with Crippen LogP contribution in [0.2, 0.25) is 0 Å². The first-order valence-corrected chi connectivity index (χ1v) is 12.0. The molecule has 1 fully saturated rings. The molecule has 1 saturated heterocycles. The number of carbonyl (C=O) groups is 3. The lowest BCUT2D eigenvalue weighted by Crippen LogP contribution is -2.61. The van der Waals surface area contributed by atoms with Gasteiger partial charge in [0, 0.05) is 32.6 Å². The largest absolute Gasteiger partial charge is 0.483 e. The zero-order chi connectivity index (χ0) is 25.4. The SMILES string of the molecule is CC.CCC(=O)N1CC(NC(=O)COc2ccc(F)cc2C(=O)N2CC=C(c3ccccc3)C2)C1. The van der Waals surface area contributed by atoms with Crippen molar-refractivity contribution in [3.63, 3.8) is 0 Å². The van der Waals surface area contributed by atoms with Crippen molar-refractivity contribution in [2.24, 2.45) is 0 Å². The Morgan fingerprint density at radius 1 is 1.06 bits per heavy atom. The smallest absolute Gasteiger partial charge is 0.258 e. The molecule has 0 aliphatic carbocycles. The molecule has 2 aliphatic heterocycles. The van der Waals surface area contributed by atoms with Crippen LogP contribution in [0.15, 0.2) is 54.6 Å². The van der Waals surface area contributed by atoms with Crippen LogP contribution in [-0.2, 0) is 9.59 Å². The van der Waals surface area contributed by atoms with Gasteiger partial charge in [-0.3, -0.25) is 14.4 Å². The summed E-state index contributed by atoms with van der Waals surface area (Å²) in [6, 6.07) is 13.3. The number of benzene rings is 2. The summed E-state index contributed by atoms with van der Waals surface area (Å²) in [5.74, 6) is -1.07. The van der Waals surface area contributed by atoms with Crippen molar-refractivity contribution in [1.82, 2.24) is 15.1 Å². The van der Waals surface area contributed by atoms with Gasteiger partial charge in [0.1, 0.15) is 11.6 Å². The first-order chi connectivity index (χ1) is 16.9. The first-order valence-electron chi connectivity index (χ1n) is 12.0. The highest BCUT2D eigenvalue weighted by atomic mass is 19.1. The van der Waals surface area contributed by atoms with Gasteiger partial charge >= 0.3 is 0 Å². The van der Waals surface area contributed by atoms with Crippen LogP contribution in [-0.4, -0.2) is 66.3 Å². The Labute approximate surface area is 205 Å². The molecule has 0 spiro atoms. The minimum Gasteiger partial charge on any atom is -0.483 e. The van der Waals surface area contributed by atoms with Crippen molar-refractivity contribution >= 4 is 23.3 Å². The van der Waals surface area contributed by atoms with Crippen molar-refractivity contribution in [2.75, 3.05) is 32.8 Å².